The molecule has 1 aromatic carbocycles. The molecule has 0 saturated heterocycles. The molecule has 0 bridgehead atoms. The van der Waals surface area contributed by atoms with Crippen molar-refractivity contribution in [1.82, 2.24) is 0 Å². The highest BCUT2D eigenvalue weighted by atomic mass is 35.5. The van der Waals surface area contributed by atoms with Crippen LogP contribution in [0.5, 0.6) is 0 Å². The number of nitrogens with one attached hydrogen (secondary N) is 1. The number of halogens is 1. The lowest BCUT2D eigenvalue weighted by molar-refractivity contribution is -0.141. The van der Waals surface area contributed by atoms with Gasteiger partial charge in [0.15, 0.2) is 0 Å². The molecule has 1 N–H and O–H groups in total. The summed E-state index contributed by atoms with van der Waals surface area (Å²) in [6, 6.07) is 6.89. The van der Waals surface area contributed by atoms with Gasteiger partial charge in [-0.15, -0.1) is 0 Å². The largest absolute Gasteiger partial charge is 0.467 e. The first-order valence-electron chi connectivity index (χ1n) is 4.77. The van der Waals surface area contributed by atoms with Gasteiger partial charge in [0, 0.05) is 10.7 Å². The molecule has 0 radical (unpaired) electrons. The summed E-state index contributed by atoms with van der Waals surface area (Å²) in [5.41, 5.74) is 0.858. The highest BCUT2D eigenvalue weighted by Crippen LogP contribution is 2.15. The van der Waals surface area contributed by atoms with Gasteiger partial charge >= 0.3 is 5.97 Å². The summed E-state index contributed by atoms with van der Waals surface area (Å²) in [7, 11) is 1.38. The lowest BCUT2D eigenvalue weighted by Crippen LogP contribution is -2.29. The first-order valence-corrected chi connectivity index (χ1v) is 5.15. The molecule has 0 saturated carbocycles. The van der Waals surface area contributed by atoms with Gasteiger partial charge in [-0.1, -0.05) is 18.5 Å². The van der Waals surface area contributed by atoms with E-state index in [1.165, 1.54) is 7.11 Å². The van der Waals surface area contributed by atoms with E-state index >= 15 is 0 Å². The van der Waals surface area contributed by atoms with Crippen LogP contribution < -0.4 is 5.32 Å². The predicted octanol–water partition coefficient (Wildman–Crippen LogP) is 2.70. The third kappa shape index (κ3) is 3.44. The van der Waals surface area contributed by atoms with E-state index in [9.17, 15) is 4.79 Å². The van der Waals surface area contributed by atoms with E-state index < -0.39 is 0 Å². The van der Waals surface area contributed by atoms with Crippen LogP contribution in [0.2, 0.25) is 5.02 Å². The second kappa shape index (κ2) is 5.61. The Labute approximate surface area is 94.4 Å². The highest BCUT2D eigenvalue weighted by Gasteiger charge is 2.15. The fraction of sp³-hybridized carbons (Fsp3) is 0.364. The number of carbonyl (C=O) groups excluding carboxylic acids is 1. The molecule has 0 heterocycles. The van der Waals surface area contributed by atoms with E-state index in [-0.39, 0.29) is 12.0 Å². The monoisotopic (exact) mass is 227 g/mol. The molecule has 3 nitrogen and oxygen atoms in total. The van der Waals surface area contributed by atoms with Gasteiger partial charge in [0.25, 0.3) is 0 Å². The van der Waals surface area contributed by atoms with Crippen molar-refractivity contribution in [3.05, 3.63) is 29.3 Å². The summed E-state index contributed by atoms with van der Waals surface area (Å²) in [5, 5.41) is 3.75. The van der Waals surface area contributed by atoms with E-state index in [1.807, 2.05) is 19.1 Å². The fourth-order valence-corrected chi connectivity index (χ4v) is 1.34. The number of methoxy groups -OCH3 is 1. The van der Waals surface area contributed by atoms with Crippen LogP contribution in [-0.2, 0) is 9.53 Å². The Bertz CT molecular complexity index is 324. The standard InChI is InChI=1S/C11H14ClNO2/c1-3-10(11(14)15-2)13-9-6-4-8(12)5-7-9/h4-7,10,13H,3H2,1-2H3/t10-/m1/s1. The lowest BCUT2D eigenvalue weighted by atomic mass is 10.2. The van der Waals surface area contributed by atoms with Crippen LogP contribution in [0.4, 0.5) is 5.69 Å². The zero-order valence-electron chi connectivity index (χ0n) is 8.79. The van der Waals surface area contributed by atoms with Crippen molar-refractivity contribution in [3.8, 4) is 0 Å². The molecule has 1 rings (SSSR count). The average molecular weight is 228 g/mol. The Morgan fingerprint density at radius 3 is 2.53 bits per heavy atom. The van der Waals surface area contributed by atoms with Crippen molar-refractivity contribution in [2.45, 2.75) is 19.4 Å². The summed E-state index contributed by atoms with van der Waals surface area (Å²) in [4.78, 5) is 11.3. The van der Waals surface area contributed by atoms with Crippen LogP contribution in [0.1, 0.15) is 13.3 Å². The fourth-order valence-electron chi connectivity index (χ4n) is 1.22. The predicted molar refractivity (Wildman–Crippen MR) is 61.2 cm³/mol. The number of hydrogen-bond acceptors (Lipinski definition) is 3. The molecule has 15 heavy (non-hydrogen) atoms. The van der Waals surface area contributed by atoms with Crippen LogP contribution in [0, 0.1) is 0 Å². The molecule has 82 valence electrons. The van der Waals surface area contributed by atoms with E-state index in [4.69, 9.17) is 11.6 Å². The van der Waals surface area contributed by atoms with Crippen molar-refractivity contribution >= 4 is 23.3 Å². The Kier molecular flexibility index (Phi) is 4.43. The van der Waals surface area contributed by atoms with Crippen LogP contribution in [0.25, 0.3) is 0 Å². The minimum atomic E-state index is -0.309. The number of ether oxygens (including phenoxy) is 1. The van der Waals surface area contributed by atoms with Crippen LogP contribution >= 0.6 is 11.6 Å². The van der Waals surface area contributed by atoms with Crippen molar-refractivity contribution in [1.29, 1.82) is 0 Å². The van der Waals surface area contributed by atoms with E-state index in [2.05, 4.69) is 10.1 Å². The van der Waals surface area contributed by atoms with Crippen molar-refractivity contribution in [2.75, 3.05) is 12.4 Å². The Balaban J connectivity index is 2.66. The van der Waals surface area contributed by atoms with Crippen LogP contribution in [0.15, 0.2) is 24.3 Å². The van der Waals surface area contributed by atoms with Crippen LogP contribution in [-0.4, -0.2) is 19.1 Å². The average Bonchev–Trinajstić information content (AvgIpc) is 2.27. The minimum absolute atomic E-state index is 0.257. The molecule has 0 fully saturated rings. The molecule has 4 heteroatoms. The summed E-state index contributed by atoms with van der Waals surface area (Å²) < 4.78 is 4.67. The Morgan fingerprint density at radius 2 is 2.07 bits per heavy atom. The molecular formula is C11H14ClNO2. The Hall–Kier alpha value is -1.22. The van der Waals surface area contributed by atoms with Crippen molar-refractivity contribution < 1.29 is 9.53 Å². The molecule has 0 amide bonds. The summed E-state index contributed by atoms with van der Waals surface area (Å²) in [5.74, 6) is -0.257. The minimum Gasteiger partial charge on any atom is -0.467 e. The molecule has 0 spiro atoms. The van der Waals surface area contributed by atoms with Crippen molar-refractivity contribution in [3.63, 3.8) is 0 Å². The van der Waals surface area contributed by atoms with Gasteiger partial charge in [0.1, 0.15) is 6.04 Å². The summed E-state index contributed by atoms with van der Waals surface area (Å²) in [6.45, 7) is 1.92. The zero-order valence-corrected chi connectivity index (χ0v) is 9.54. The topological polar surface area (TPSA) is 38.3 Å². The molecular weight excluding hydrogens is 214 g/mol. The van der Waals surface area contributed by atoms with Gasteiger partial charge in [-0.3, -0.25) is 0 Å². The molecule has 1 aromatic rings. The maximum absolute atomic E-state index is 11.3. The SMILES string of the molecule is CC[C@@H](Nc1ccc(Cl)cc1)C(=O)OC. The van der Waals surface area contributed by atoms with E-state index in [0.717, 1.165) is 5.69 Å². The summed E-state index contributed by atoms with van der Waals surface area (Å²) in [6.07, 6.45) is 0.676. The van der Waals surface area contributed by atoms with E-state index in [0.29, 0.717) is 11.4 Å². The number of rotatable bonds is 4. The maximum Gasteiger partial charge on any atom is 0.328 e. The molecule has 0 aliphatic rings. The second-order valence-electron chi connectivity index (χ2n) is 3.14. The Morgan fingerprint density at radius 1 is 1.47 bits per heavy atom. The maximum atomic E-state index is 11.3. The molecule has 0 aromatic heterocycles. The van der Waals surface area contributed by atoms with Crippen molar-refractivity contribution in [2.24, 2.45) is 0 Å². The first-order chi connectivity index (χ1) is 7.17. The quantitative estimate of drug-likeness (QED) is 0.804. The molecule has 0 aliphatic heterocycles. The normalized spacial score (nSPS) is 11.9. The molecule has 0 aliphatic carbocycles. The first kappa shape index (κ1) is 11.9. The highest BCUT2D eigenvalue weighted by molar-refractivity contribution is 6.30. The van der Waals surface area contributed by atoms with Gasteiger partial charge < -0.3 is 10.1 Å². The van der Waals surface area contributed by atoms with Gasteiger partial charge in [-0.2, -0.15) is 0 Å². The summed E-state index contributed by atoms with van der Waals surface area (Å²) >= 11 is 5.75. The third-order valence-corrected chi connectivity index (χ3v) is 2.33. The molecule has 1 atom stereocenters. The van der Waals surface area contributed by atoms with Gasteiger partial charge in [-0.25, -0.2) is 4.79 Å². The number of anilines is 1. The number of esters is 1. The number of benzene rings is 1. The van der Waals surface area contributed by atoms with Gasteiger partial charge in [0.2, 0.25) is 0 Å². The lowest BCUT2D eigenvalue weighted by Gasteiger charge is -2.15. The smallest absolute Gasteiger partial charge is 0.328 e. The van der Waals surface area contributed by atoms with Gasteiger partial charge in [0.05, 0.1) is 7.11 Å². The number of hydrogen-bond donors (Lipinski definition) is 1. The van der Waals surface area contributed by atoms with Gasteiger partial charge in [-0.05, 0) is 30.7 Å². The number of carbonyl (C=O) groups is 1. The second-order valence-corrected chi connectivity index (χ2v) is 3.57. The zero-order chi connectivity index (χ0) is 11.3. The van der Waals surface area contributed by atoms with E-state index in [1.54, 1.807) is 12.1 Å². The van der Waals surface area contributed by atoms with Crippen LogP contribution in [0.3, 0.4) is 0 Å². The third-order valence-electron chi connectivity index (χ3n) is 2.08. The molecule has 0 unspecified atom stereocenters.